The molecule has 0 bridgehead atoms. The van der Waals surface area contributed by atoms with Crippen LogP contribution in [0.5, 0.6) is 0 Å². The maximum Gasteiger partial charge on any atom is 0.0656 e. The summed E-state index contributed by atoms with van der Waals surface area (Å²) >= 11 is 0. The van der Waals surface area contributed by atoms with Crippen LogP contribution >= 0.6 is 0 Å². The molecular weight excluding hydrogens is 222 g/mol. The van der Waals surface area contributed by atoms with Crippen molar-refractivity contribution in [3.05, 3.63) is 35.9 Å². The van der Waals surface area contributed by atoms with Gasteiger partial charge >= 0.3 is 0 Å². The van der Waals surface area contributed by atoms with Gasteiger partial charge in [0, 0.05) is 24.6 Å². The van der Waals surface area contributed by atoms with Gasteiger partial charge in [-0.1, -0.05) is 30.3 Å². The molecule has 2 rings (SSSR count). The Bertz CT molecular complexity index is 355. The smallest absolute Gasteiger partial charge is 0.0656 e. The Hall–Kier alpha value is -0.860. The number of hydrogen-bond donors (Lipinski definition) is 1. The average molecular weight is 247 g/mol. The Morgan fingerprint density at radius 1 is 1.22 bits per heavy atom. The van der Waals surface area contributed by atoms with Gasteiger partial charge in [-0.05, 0) is 39.2 Å². The lowest BCUT2D eigenvalue weighted by Crippen LogP contribution is -2.41. The minimum Gasteiger partial charge on any atom is -0.378 e. The van der Waals surface area contributed by atoms with Crippen molar-refractivity contribution in [2.45, 2.75) is 45.3 Å². The molecule has 1 heterocycles. The largest absolute Gasteiger partial charge is 0.378 e. The Morgan fingerprint density at radius 2 is 1.94 bits per heavy atom. The zero-order chi connectivity index (χ0) is 13.0. The number of benzene rings is 1. The summed E-state index contributed by atoms with van der Waals surface area (Å²) in [5.41, 5.74) is 1.57. The van der Waals surface area contributed by atoms with Crippen LogP contribution < -0.4 is 5.32 Å². The molecule has 0 amide bonds. The van der Waals surface area contributed by atoms with Crippen molar-refractivity contribution in [1.29, 1.82) is 0 Å². The Balaban J connectivity index is 1.88. The van der Waals surface area contributed by atoms with Gasteiger partial charge < -0.3 is 10.1 Å². The first-order chi connectivity index (χ1) is 8.54. The van der Waals surface area contributed by atoms with Crippen molar-refractivity contribution >= 4 is 0 Å². The zero-order valence-electron chi connectivity index (χ0n) is 11.8. The van der Waals surface area contributed by atoms with E-state index in [2.05, 4.69) is 56.4 Å². The van der Waals surface area contributed by atoms with Crippen LogP contribution in [0.3, 0.4) is 0 Å². The van der Waals surface area contributed by atoms with Crippen LogP contribution in [0.1, 0.15) is 32.8 Å². The van der Waals surface area contributed by atoms with E-state index >= 15 is 0 Å². The first-order valence-corrected chi connectivity index (χ1v) is 6.95. The molecule has 2 unspecified atom stereocenters. The first kappa shape index (κ1) is 13.6. The molecule has 2 nitrogen and oxygen atoms in total. The lowest BCUT2D eigenvalue weighted by molar-refractivity contribution is 0.0890. The molecule has 1 N–H and O–H groups in total. The van der Waals surface area contributed by atoms with Crippen molar-refractivity contribution in [3.63, 3.8) is 0 Å². The summed E-state index contributed by atoms with van der Waals surface area (Å²) in [6, 6.07) is 10.7. The molecule has 2 atom stereocenters. The molecule has 18 heavy (non-hydrogen) atoms. The van der Waals surface area contributed by atoms with E-state index in [1.54, 1.807) is 0 Å². The molecule has 0 spiro atoms. The number of rotatable bonds is 4. The first-order valence-electron chi connectivity index (χ1n) is 6.95. The average Bonchev–Trinajstić information content (AvgIpc) is 2.74. The standard InChI is InChI=1S/C16H25NO/c1-16(2,3)17-12-14-9-10-18-15(14)11-13-7-5-4-6-8-13/h4-8,14-15,17H,9-12H2,1-3H3. The Morgan fingerprint density at radius 3 is 2.61 bits per heavy atom. The molecule has 0 saturated carbocycles. The second-order valence-electron chi connectivity index (χ2n) is 6.28. The van der Waals surface area contributed by atoms with E-state index in [4.69, 9.17) is 4.74 Å². The van der Waals surface area contributed by atoms with E-state index in [1.165, 1.54) is 12.0 Å². The van der Waals surface area contributed by atoms with E-state index in [1.807, 2.05) is 0 Å². The van der Waals surface area contributed by atoms with Gasteiger partial charge in [-0.3, -0.25) is 0 Å². The van der Waals surface area contributed by atoms with Crippen molar-refractivity contribution in [1.82, 2.24) is 5.32 Å². The third-order valence-corrected chi connectivity index (χ3v) is 3.52. The number of ether oxygens (including phenoxy) is 1. The van der Waals surface area contributed by atoms with Crippen molar-refractivity contribution in [2.75, 3.05) is 13.2 Å². The fourth-order valence-corrected chi connectivity index (χ4v) is 2.44. The molecule has 1 aliphatic rings. The Labute approximate surface area is 111 Å². The molecule has 1 aromatic carbocycles. The highest BCUT2D eigenvalue weighted by molar-refractivity contribution is 5.16. The monoisotopic (exact) mass is 247 g/mol. The van der Waals surface area contributed by atoms with E-state index in [9.17, 15) is 0 Å². The summed E-state index contributed by atoms with van der Waals surface area (Å²) in [6.07, 6.45) is 2.60. The lowest BCUT2D eigenvalue weighted by atomic mass is 9.94. The predicted octanol–water partition coefficient (Wildman–Crippen LogP) is 3.02. The number of nitrogens with one attached hydrogen (secondary N) is 1. The van der Waals surface area contributed by atoms with Gasteiger partial charge in [0.1, 0.15) is 0 Å². The van der Waals surface area contributed by atoms with Crippen molar-refractivity contribution in [2.24, 2.45) is 5.92 Å². The minimum atomic E-state index is 0.194. The molecule has 1 aromatic rings. The third kappa shape index (κ3) is 4.11. The maximum absolute atomic E-state index is 5.89. The summed E-state index contributed by atoms with van der Waals surface area (Å²) in [4.78, 5) is 0. The van der Waals surface area contributed by atoms with Crippen LogP contribution in [0, 0.1) is 5.92 Å². The van der Waals surface area contributed by atoms with Gasteiger partial charge in [0.05, 0.1) is 6.10 Å². The van der Waals surface area contributed by atoms with Crippen molar-refractivity contribution in [3.8, 4) is 0 Å². The predicted molar refractivity (Wildman–Crippen MR) is 75.7 cm³/mol. The van der Waals surface area contributed by atoms with Crippen LogP contribution in [0.25, 0.3) is 0 Å². The van der Waals surface area contributed by atoms with E-state index in [0.29, 0.717) is 12.0 Å². The van der Waals surface area contributed by atoms with Gasteiger partial charge in [-0.25, -0.2) is 0 Å². The maximum atomic E-state index is 5.89. The lowest BCUT2D eigenvalue weighted by Gasteiger charge is -2.25. The summed E-state index contributed by atoms with van der Waals surface area (Å²) in [7, 11) is 0. The highest BCUT2D eigenvalue weighted by Crippen LogP contribution is 2.24. The second-order valence-corrected chi connectivity index (χ2v) is 6.28. The highest BCUT2D eigenvalue weighted by Gasteiger charge is 2.29. The fourth-order valence-electron chi connectivity index (χ4n) is 2.44. The van der Waals surface area contributed by atoms with Gasteiger partial charge in [0.2, 0.25) is 0 Å². The molecule has 1 fully saturated rings. The van der Waals surface area contributed by atoms with E-state index in [-0.39, 0.29) is 5.54 Å². The topological polar surface area (TPSA) is 21.3 Å². The van der Waals surface area contributed by atoms with Crippen LogP contribution in [-0.4, -0.2) is 24.8 Å². The molecule has 0 aromatic heterocycles. The quantitative estimate of drug-likeness (QED) is 0.883. The normalized spacial score (nSPS) is 24.4. The van der Waals surface area contributed by atoms with Gasteiger partial charge in [-0.15, -0.1) is 0 Å². The molecule has 1 saturated heterocycles. The summed E-state index contributed by atoms with van der Waals surface area (Å²) in [5, 5.41) is 3.60. The fraction of sp³-hybridized carbons (Fsp3) is 0.625. The second kappa shape index (κ2) is 5.85. The molecule has 1 aliphatic heterocycles. The summed E-state index contributed by atoms with van der Waals surface area (Å²) in [5.74, 6) is 0.643. The Kier molecular flexibility index (Phi) is 4.41. The molecular formula is C16H25NO. The highest BCUT2D eigenvalue weighted by atomic mass is 16.5. The molecule has 2 heteroatoms. The van der Waals surface area contributed by atoms with Gasteiger partial charge in [-0.2, -0.15) is 0 Å². The van der Waals surface area contributed by atoms with Crippen LogP contribution in [0.15, 0.2) is 30.3 Å². The van der Waals surface area contributed by atoms with Crippen LogP contribution in [0.2, 0.25) is 0 Å². The van der Waals surface area contributed by atoms with Crippen LogP contribution in [0.4, 0.5) is 0 Å². The minimum absolute atomic E-state index is 0.194. The number of hydrogen-bond acceptors (Lipinski definition) is 2. The van der Waals surface area contributed by atoms with E-state index < -0.39 is 0 Å². The van der Waals surface area contributed by atoms with Gasteiger partial charge in [0.25, 0.3) is 0 Å². The summed E-state index contributed by atoms with van der Waals surface area (Å²) in [6.45, 7) is 8.62. The SMILES string of the molecule is CC(C)(C)NCC1CCOC1Cc1ccccc1. The van der Waals surface area contributed by atoms with Crippen LogP contribution in [-0.2, 0) is 11.2 Å². The van der Waals surface area contributed by atoms with Gasteiger partial charge in [0.15, 0.2) is 0 Å². The molecule has 100 valence electrons. The molecule has 0 radical (unpaired) electrons. The van der Waals surface area contributed by atoms with Crippen molar-refractivity contribution < 1.29 is 4.74 Å². The third-order valence-electron chi connectivity index (χ3n) is 3.52. The molecule has 0 aliphatic carbocycles. The van der Waals surface area contributed by atoms with E-state index in [0.717, 1.165) is 19.6 Å². The zero-order valence-corrected chi connectivity index (χ0v) is 11.8. The summed E-state index contributed by atoms with van der Waals surface area (Å²) < 4.78 is 5.89.